The zero-order chi connectivity index (χ0) is 22.0. The van der Waals surface area contributed by atoms with Crippen molar-refractivity contribution in [1.29, 1.82) is 0 Å². The van der Waals surface area contributed by atoms with Crippen molar-refractivity contribution in [2.75, 3.05) is 12.5 Å². The number of hydrogen-bond donors (Lipinski definition) is 2. The average molecular weight is 453 g/mol. The number of hydrogen-bond acceptors (Lipinski definition) is 7. The van der Waals surface area contributed by atoms with Gasteiger partial charge in [-0.05, 0) is 60.7 Å². The van der Waals surface area contributed by atoms with Crippen LogP contribution in [0.5, 0.6) is 5.75 Å². The largest absolute Gasteiger partial charge is 0.497 e. The number of para-hydroxylation sites is 1. The third kappa shape index (κ3) is 4.32. The number of amides is 1. The molecule has 1 aliphatic rings. The van der Waals surface area contributed by atoms with Crippen LogP contribution < -0.4 is 10.2 Å². The first kappa shape index (κ1) is 20.7. The molecule has 0 saturated carbocycles. The monoisotopic (exact) mass is 452 g/mol. The van der Waals surface area contributed by atoms with Gasteiger partial charge in [-0.15, -0.1) is 0 Å². The molecule has 0 unspecified atom stereocenters. The summed E-state index contributed by atoms with van der Waals surface area (Å²) in [5.41, 5.74) is 3.99. The van der Waals surface area contributed by atoms with Gasteiger partial charge in [0.15, 0.2) is 4.32 Å². The van der Waals surface area contributed by atoms with E-state index in [4.69, 9.17) is 21.4 Å². The van der Waals surface area contributed by atoms with Gasteiger partial charge in [-0.25, -0.2) is 9.80 Å². The van der Waals surface area contributed by atoms with Gasteiger partial charge < -0.3 is 14.3 Å². The highest BCUT2D eigenvalue weighted by Gasteiger charge is 2.33. The number of furan rings is 1. The molecule has 2 N–H and O–H groups in total. The molecule has 4 rings (SSSR count). The van der Waals surface area contributed by atoms with Crippen molar-refractivity contribution in [3.8, 4) is 17.1 Å². The third-order valence-corrected chi connectivity index (χ3v) is 5.76. The summed E-state index contributed by atoms with van der Waals surface area (Å²) >= 11 is 6.40. The fourth-order valence-corrected chi connectivity index (χ4v) is 4.08. The molecule has 0 spiro atoms. The van der Waals surface area contributed by atoms with E-state index < -0.39 is 11.9 Å². The second kappa shape index (κ2) is 8.66. The summed E-state index contributed by atoms with van der Waals surface area (Å²) in [5.74, 6) is 0.398. The van der Waals surface area contributed by atoms with Gasteiger partial charge in [-0.2, -0.15) is 0 Å². The molecule has 2 aromatic carbocycles. The number of ether oxygens (including phenoxy) is 1. The smallest absolute Gasteiger partial charge is 0.337 e. The second-order valence-corrected chi connectivity index (χ2v) is 8.09. The van der Waals surface area contributed by atoms with E-state index in [1.54, 1.807) is 37.5 Å². The molecule has 0 radical (unpaired) electrons. The highest BCUT2D eigenvalue weighted by atomic mass is 32.2. The summed E-state index contributed by atoms with van der Waals surface area (Å²) in [5, 5.41) is 10.5. The predicted molar refractivity (Wildman–Crippen MR) is 123 cm³/mol. The Morgan fingerprint density at radius 1 is 1.16 bits per heavy atom. The number of thiocarbonyl (C=S) groups is 1. The maximum Gasteiger partial charge on any atom is 0.337 e. The summed E-state index contributed by atoms with van der Waals surface area (Å²) < 4.78 is 11.3. The van der Waals surface area contributed by atoms with Crippen molar-refractivity contribution in [3.63, 3.8) is 0 Å². The van der Waals surface area contributed by atoms with Crippen LogP contribution in [0.3, 0.4) is 0 Å². The molecule has 3 aromatic rings. The number of hydrazine groups is 1. The van der Waals surface area contributed by atoms with Gasteiger partial charge in [0, 0.05) is 11.6 Å². The molecule has 1 amide bonds. The van der Waals surface area contributed by atoms with Gasteiger partial charge in [0.1, 0.15) is 17.3 Å². The molecule has 1 fully saturated rings. The van der Waals surface area contributed by atoms with Crippen LogP contribution in [-0.2, 0) is 4.79 Å². The Morgan fingerprint density at radius 3 is 2.61 bits per heavy atom. The number of carbonyl (C=O) groups excluding carboxylic acids is 1. The molecule has 31 heavy (non-hydrogen) atoms. The fraction of sp³-hybridized carbons (Fsp3) is 0.0455. The van der Waals surface area contributed by atoms with Crippen LogP contribution in [0.1, 0.15) is 16.1 Å². The standard InChI is InChI=1S/C22H16N2O5S2/c1-28-14-8-6-13(7-9-14)18-11-10-15(29-18)12-19-20(25)24(22(30)31-19)23-17-5-3-2-4-16(17)21(26)27/h2-12,23H,1H3,(H,26,27)/b19-12+. The molecule has 2 heterocycles. The van der Waals surface area contributed by atoms with E-state index >= 15 is 0 Å². The maximum atomic E-state index is 12.8. The number of anilines is 1. The summed E-state index contributed by atoms with van der Waals surface area (Å²) in [6, 6.07) is 17.3. The number of rotatable bonds is 6. The number of thioether (sulfide) groups is 1. The average Bonchev–Trinajstić information content (AvgIpc) is 3.34. The number of carboxylic acid groups (broad SMARTS) is 1. The van der Waals surface area contributed by atoms with Gasteiger partial charge in [-0.1, -0.05) is 23.9 Å². The number of benzene rings is 2. The van der Waals surface area contributed by atoms with Crippen molar-refractivity contribution >= 4 is 51.9 Å². The number of nitrogens with zero attached hydrogens (tertiary/aromatic N) is 1. The van der Waals surface area contributed by atoms with Gasteiger partial charge in [0.25, 0.3) is 5.91 Å². The van der Waals surface area contributed by atoms with E-state index in [1.165, 1.54) is 6.07 Å². The number of aromatic carboxylic acids is 1. The molecule has 1 saturated heterocycles. The Bertz CT molecular complexity index is 1200. The van der Waals surface area contributed by atoms with Crippen LogP contribution in [0.15, 0.2) is 70.0 Å². The summed E-state index contributed by atoms with van der Waals surface area (Å²) in [6.07, 6.45) is 1.61. The first-order valence-corrected chi connectivity index (χ1v) is 10.3. The normalized spacial score (nSPS) is 14.9. The molecule has 0 bridgehead atoms. The minimum absolute atomic E-state index is 0.0377. The Kier molecular flexibility index (Phi) is 5.79. The number of methoxy groups -OCH3 is 1. The molecule has 9 heteroatoms. The minimum Gasteiger partial charge on any atom is -0.497 e. The highest BCUT2D eigenvalue weighted by Crippen LogP contribution is 2.34. The van der Waals surface area contributed by atoms with Crippen LogP contribution >= 0.6 is 24.0 Å². The number of carboxylic acids is 1. The van der Waals surface area contributed by atoms with E-state index in [9.17, 15) is 14.7 Å². The molecule has 1 aromatic heterocycles. The Labute approximate surface area is 187 Å². The highest BCUT2D eigenvalue weighted by molar-refractivity contribution is 8.26. The lowest BCUT2D eigenvalue weighted by Gasteiger charge is -2.18. The minimum atomic E-state index is -1.11. The molecular weight excluding hydrogens is 436 g/mol. The lowest BCUT2D eigenvalue weighted by molar-refractivity contribution is -0.121. The maximum absolute atomic E-state index is 12.8. The van der Waals surface area contributed by atoms with E-state index in [-0.39, 0.29) is 15.6 Å². The third-order valence-electron chi connectivity index (χ3n) is 4.46. The van der Waals surface area contributed by atoms with E-state index in [2.05, 4.69) is 5.43 Å². The van der Waals surface area contributed by atoms with Crippen LogP contribution in [0.4, 0.5) is 5.69 Å². The molecule has 1 aliphatic heterocycles. The van der Waals surface area contributed by atoms with Crippen molar-refractivity contribution in [1.82, 2.24) is 5.01 Å². The van der Waals surface area contributed by atoms with Crippen molar-refractivity contribution in [2.24, 2.45) is 0 Å². The van der Waals surface area contributed by atoms with Crippen LogP contribution in [-0.4, -0.2) is 33.4 Å². The second-order valence-electron chi connectivity index (χ2n) is 6.41. The van der Waals surface area contributed by atoms with Crippen molar-refractivity contribution in [3.05, 3.63) is 76.9 Å². The lowest BCUT2D eigenvalue weighted by Crippen LogP contribution is -2.34. The van der Waals surface area contributed by atoms with Crippen LogP contribution in [0, 0.1) is 0 Å². The zero-order valence-electron chi connectivity index (χ0n) is 16.2. The summed E-state index contributed by atoms with van der Waals surface area (Å²) in [6.45, 7) is 0. The lowest BCUT2D eigenvalue weighted by atomic mass is 10.2. The van der Waals surface area contributed by atoms with E-state index in [0.717, 1.165) is 28.1 Å². The molecule has 0 aliphatic carbocycles. The molecule has 156 valence electrons. The molecule has 0 atom stereocenters. The Morgan fingerprint density at radius 2 is 1.90 bits per heavy atom. The molecule has 7 nitrogen and oxygen atoms in total. The number of carbonyl (C=O) groups is 2. The first-order valence-electron chi connectivity index (χ1n) is 9.07. The van der Waals surface area contributed by atoms with E-state index in [1.807, 2.05) is 30.3 Å². The number of nitrogens with one attached hydrogen (secondary N) is 1. The van der Waals surface area contributed by atoms with Gasteiger partial charge in [-0.3, -0.25) is 10.2 Å². The zero-order valence-corrected chi connectivity index (χ0v) is 17.8. The van der Waals surface area contributed by atoms with E-state index in [0.29, 0.717) is 16.4 Å². The van der Waals surface area contributed by atoms with Crippen molar-refractivity contribution in [2.45, 2.75) is 0 Å². The SMILES string of the molecule is COc1ccc(-c2ccc(/C=C3/SC(=S)N(Nc4ccccc4C(=O)O)C3=O)o2)cc1. The van der Waals surface area contributed by atoms with Crippen LogP contribution in [0.2, 0.25) is 0 Å². The van der Waals surface area contributed by atoms with Gasteiger partial charge in [0.2, 0.25) is 0 Å². The topological polar surface area (TPSA) is 92.0 Å². The molecular formula is C22H16N2O5S2. The Balaban J connectivity index is 1.54. The van der Waals surface area contributed by atoms with Crippen LogP contribution in [0.25, 0.3) is 17.4 Å². The summed E-state index contributed by atoms with van der Waals surface area (Å²) in [4.78, 5) is 24.6. The Hall–Kier alpha value is -3.56. The van der Waals surface area contributed by atoms with Gasteiger partial charge in [0.05, 0.1) is 23.3 Å². The van der Waals surface area contributed by atoms with Gasteiger partial charge >= 0.3 is 5.97 Å². The fourth-order valence-electron chi connectivity index (χ4n) is 2.92. The quantitative estimate of drug-likeness (QED) is 0.404. The van der Waals surface area contributed by atoms with Crippen molar-refractivity contribution < 1.29 is 23.8 Å². The summed E-state index contributed by atoms with van der Waals surface area (Å²) in [7, 11) is 1.60. The first-order chi connectivity index (χ1) is 15.0. The predicted octanol–water partition coefficient (Wildman–Crippen LogP) is 4.88.